The molecule has 2 heterocycles. The molecule has 0 atom stereocenters. The first kappa shape index (κ1) is 8.74. The molecule has 0 bridgehead atoms. The van der Waals surface area contributed by atoms with E-state index in [2.05, 4.69) is 15.4 Å². The SMILES string of the molecule is Cc1cccnc1Nc1cnn(C)c1. The average Bonchev–Trinajstić information content (AvgIpc) is 2.56. The Morgan fingerprint density at radius 2 is 2.29 bits per heavy atom. The van der Waals surface area contributed by atoms with Crippen molar-refractivity contribution in [2.45, 2.75) is 6.92 Å². The van der Waals surface area contributed by atoms with Gasteiger partial charge in [-0.3, -0.25) is 4.68 Å². The van der Waals surface area contributed by atoms with Crippen LogP contribution in [0.4, 0.5) is 11.5 Å². The van der Waals surface area contributed by atoms with Crippen LogP contribution in [0.25, 0.3) is 0 Å². The summed E-state index contributed by atoms with van der Waals surface area (Å²) < 4.78 is 1.75. The third-order valence-electron chi connectivity index (χ3n) is 1.98. The van der Waals surface area contributed by atoms with Crippen molar-refractivity contribution >= 4 is 11.5 Å². The Balaban J connectivity index is 2.23. The molecule has 0 amide bonds. The largest absolute Gasteiger partial charge is 0.337 e. The maximum atomic E-state index is 4.23. The van der Waals surface area contributed by atoms with Gasteiger partial charge >= 0.3 is 0 Å². The van der Waals surface area contributed by atoms with E-state index in [9.17, 15) is 0 Å². The van der Waals surface area contributed by atoms with Gasteiger partial charge < -0.3 is 5.32 Å². The Kier molecular flexibility index (Phi) is 2.18. The second kappa shape index (κ2) is 3.49. The van der Waals surface area contributed by atoms with Crippen molar-refractivity contribution in [3.8, 4) is 0 Å². The smallest absolute Gasteiger partial charge is 0.133 e. The van der Waals surface area contributed by atoms with Gasteiger partial charge in [0.25, 0.3) is 0 Å². The normalized spacial score (nSPS) is 10.1. The summed E-state index contributed by atoms with van der Waals surface area (Å²) in [6.07, 6.45) is 5.45. The highest BCUT2D eigenvalue weighted by Crippen LogP contribution is 2.15. The zero-order chi connectivity index (χ0) is 9.97. The third kappa shape index (κ3) is 1.74. The maximum absolute atomic E-state index is 4.23. The fraction of sp³-hybridized carbons (Fsp3) is 0.200. The molecule has 0 radical (unpaired) electrons. The van der Waals surface area contributed by atoms with Gasteiger partial charge in [-0.15, -0.1) is 0 Å². The first-order valence-corrected chi connectivity index (χ1v) is 4.43. The second-order valence-corrected chi connectivity index (χ2v) is 3.20. The van der Waals surface area contributed by atoms with E-state index >= 15 is 0 Å². The molecule has 1 N–H and O–H groups in total. The highest BCUT2D eigenvalue weighted by atomic mass is 15.3. The molecule has 0 saturated carbocycles. The van der Waals surface area contributed by atoms with Crippen LogP contribution in [0.1, 0.15) is 5.56 Å². The van der Waals surface area contributed by atoms with Gasteiger partial charge in [-0.2, -0.15) is 5.10 Å². The lowest BCUT2D eigenvalue weighted by Gasteiger charge is -2.04. The molecule has 2 aromatic heterocycles. The van der Waals surface area contributed by atoms with Crippen LogP contribution in [0.3, 0.4) is 0 Å². The molecule has 0 aliphatic heterocycles. The van der Waals surface area contributed by atoms with Gasteiger partial charge in [0.1, 0.15) is 5.82 Å². The van der Waals surface area contributed by atoms with Crippen molar-refractivity contribution in [3.05, 3.63) is 36.3 Å². The molecule has 0 saturated heterocycles. The van der Waals surface area contributed by atoms with Gasteiger partial charge in [-0.25, -0.2) is 4.98 Å². The standard InChI is InChI=1S/C10H12N4/c1-8-4-3-5-11-10(8)13-9-6-12-14(2)7-9/h3-7H,1-2H3,(H,11,13). The lowest BCUT2D eigenvalue weighted by molar-refractivity contribution is 0.768. The lowest BCUT2D eigenvalue weighted by Crippen LogP contribution is -1.94. The van der Waals surface area contributed by atoms with Crippen LogP contribution in [0.15, 0.2) is 30.7 Å². The van der Waals surface area contributed by atoms with Gasteiger partial charge in [0.2, 0.25) is 0 Å². The van der Waals surface area contributed by atoms with Crippen LogP contribution in [0, 0.1) is 6.92 Å². The fourth-order valence-electron chi connectivity index (χ4n) is 1.24. The molecular formula is C10H12N4. The van der Waals surface area contributed by atoms with Crippen LogP contribution >= 0.6 is 0 Å². The number of anilines is 2. The van der Waals surface area contributed by atoms with E-state index in [0.717, 1.165) is 17.1 Å². The van der Waals surface area contributed by atoms with Crippen LogP contribution in [-0.2, 0) is 7.05 Å². The summed E-state index contributed by atoms with van der Waals surface area (Å²) in [6.45, 7) is 2.02. The van der Waals surface area contributed by atoms with Crippen LogP contribution in [0.2, 0.25) is 0 Å². The average molecular weight is 188 g/mol. The molecule has 4 nitrogen and oxygen atoms in total. The van der Waals surface area contributed by atoms with Gasteiger partial charge in [0, 0.05) is 19.4 Å². The molecule has 0 aliphatic rings. The molecule has 0 unspecified atom stereocenters. The third-order valence-corrected chi connectivity index (χ3v) is 1.98. The first-order valence-electron chi connectivity index (χ1n) is 4.43. The van der Waals surface area contributed by atoms with E-state index in [0.29, 0.717) is 0 Å². The van der Waals surface area contributed by atoms with Crippen molar-refractivity contribution in [3.63, 3.8) is 0 Å². The Hall–Kier alpha value is -1.84. The van der Waals surface area contributed by atoms with Crippen molar-refractivity contribution in [2.75, 3.05) is 5.32 Å². The number of aryl methyl sites for hydroxylation is 2. The minimum Gasteiger partial charge on any atom is -0.337 e. The summed E-state index contributed by atoms with van der Waals surface area (Å²) in [5.41, 5.74) is 2.07. The molecule has 14 heavy (non-hydrogen) atoms. The number of rotatable bonds is 2. The predicted molar refractivity (Wildman–Crippen MR) is 55.5 cm³/mol. The van der Waals surface area contributed by atoms with E-state index in [4.69, 9.17) is 0 Å². The lowest BCUT2D eigenvalue weighted by atomic mass is 10.3. The number of aromatic nitrogens is 3. The Labute approximate surface area is 82.6 Å². The van der Waals surface area contributed by atoms with Crippen molar-refractivity contribution < 1.29 is 0 Å². The monoisotopic (exact) mass is 188 g/mol. The predicted octanol–water partition coefficient (Wildman–Crippen LogP) is 1.87. The van der Waals surface area contributed by atoms with E-state index in [1.54, 1.807) is 17.1 Å². The van der Waals surface area contributed by atoms with Gasteiger partial charge in [-0.05, 0) is 18.6 Å². The van der Waals surface area contributed by atoms with Crippen molar-refractivity contribution in [2.24, 2.45) is 7.05 Å². The molecule has 0 aromatic carbocycles. The first-order chi connectivity index (χ1) is 6.75. The fourth-order valence-corrected chi connectivity index (χ4v) is 1.24. The molecule has 0 fully saturated rings. The van der Waals surface area contributed by atoms with Crippen LogP contribution < -0.4 is 5.32 Å². The van der Waals surface area contributed by atoms with E-state index < -0.39 is 0 Å². The highest BCUT2D eigenvalue weighted by molar-refractivity contribution is 5.56. The number of hydrogen-bond acceptors (Lipinski definition) is 3. The van der Waals surface area contributed by atoms with E-state index in [1.807, 2.05) is 32.3 Å². The quantitative estimate of drug-likeness (QED) is 0.782. The maximum Gasteiger partial charge on any atom is 0.133 e. The summed E-state index contributed by atoms with van der Waals surface area (Å²) in [6, 6.07) is 3.94. The number of hydrogen-bond donors (Lipinski definition) is 1. The molecule has 72 valence electrons. The minimum atomic E-state index is 0.875. The summed E-state index contributed by atoms with van der Waals surface area (Å²) >= 11 is 0. The van der Waals surface area contributed by atoms with E-state index in [1.165, 1.54) is 0 Å². The minimum absolute atomic E-state index is 0.875. The summed E-state index contributed by atoms with van der Waals surface area (Å²) in [4.78, 5) is 4.23. The Morgan fingerprint density at radius 3 is 2.93 bits per heavy atom. The zero-order valence-corrected chi connectivity index (χ0v) is 8.23. The second-order valence-electron chi connectivity index (χ2n) is 3.20. The number of nitrogens with zero attached hydrogens (tertiary/aromatic N) is 3. The molecule has 0 spiro atoms. The molecule has 2 aromatic rings. The summed E-state index contributed by atoms with van der Waals surface area (Å²) in [5.74, 6) is 0.875. The van der Waals surface area contributed by atoms with Crippen LogP contribution in [0.5, 0.6) is 0 Å². The molecule has 4 heteroatoms. The summed E-state index contributed by atoms with van der Waals surface area (Å²) in [5, 5.41) is 7.27. The zero-order valence-electron chi connectivity index (χ0n) is 8.23. The number of pyridine rings is 1. The molecule has 0 aliphatic carbocycles. The molecular weight excluding hydrogens is 176 g/mol. The van der Waals surface area contributed by atoms with Gasteiger partial charge in [0.05, 0.1) is 11.9 Å². The Morgan fingerprint density at radius 1 is 1.43 bits per heavy atom. The van der Waals surface area contributed by atoms with E-state index in [-0.39, 0.29) is 0 Å². The summed E-state index contributed by atoms with van der Waals surface area (Å²) in [7, 11) is 1.89. The molecule has 2 rings (SSSR count). The van der Waals surface area contributed by atoms with Crippen molar-refractivity contribution in [1.82, 2.24) is 14.8 Å². The Bertz CT molecular complexity index is 433. The van der Waals surface area contributed by atoms with Crippen LogP contribution in [-0.4, -0.2) is 14.8 Å². The van der Waals surface area contributed by atoms with Gasteiger partial charge in [0.15, 0.2) is 0 Å². The highest BCUT2D eigenvalue weighted by Gasteiger charge is 2.00. The number of nitrogens with one attached hydrogen (secondary N) is 1. The van der Waals surface area contributed by atoms with Crippen molar-refractivity contribution in [1.29, 1.82) is 0 Å². The van der Waals surface area contributed by atoms with Gasteiger partial charge in [-0.1, -0.05) is 6.07 Å². The topological polar surface area (TPSA) is 42.7 Å².